The van der Waals surface area contributed by atoms with Crippen LogP contribution in [0.15, 0.2) is 18.2 Å². The summed E-state index contributed by atoms with van der Waals surface area (Å²) in [5.74, 6) is -0.394. The zero-order chi connectivity index (χ0) is 14.3. The van der Waals surface area contributed by atoms with Crippen molar-refractivity contribution in [1.82, 2.24) is 5.32 Å². The fraction of sp³-hybridized carbons (Fsp3) is 0.500. The standard InChI is InChI=1S/C14H21FN2O2/c1-10-5-6-12(9-13(10)15)17-11(2)14(18)16-7-4-8-19-3/h5-6,9,11,17H,4,7-8H2,1-3H3,(H,16,18). The lowest BCUT2D eigenvalue weighted by Crippen LogP contribution is -2.38. The van der Waals surface area contributed by atoms with Crippen molar-refractivity contribution in [3.05, 3.63) is 29.6 Å². The van der Waals surface area contributed by atoms with Crippen molar-refractivity contribution in [2.24, 2.45) is 0 Å². The van der Waals surface area contributed by atoms with Crippen LogP contribution in [-0.2, 0) is 9.53 Å². The highest BCUT2D eigenvalue weighted by Crippen LogP contribution is 2.14. The van der Waals surface area contributed by atoms with Gasteiger partial charge >= 0.3 is 0 Å². The molecule has 1 atom stereocenters. The van der Waals surface area contributed by atoms with Crippen LogP contribution in [0.5, 0.6) is 0 Å². The van der Waals surface area contributed by atoms with Gasteiger partial charge in [0.2, 0.25) is 5.91 Å². The van der Waals surface area contributed by atoms with Crippen molar-refractivity contribution in [2.75, 3.05) is 25.6 Å². The van der Waals surface area contributed by atoms with Gasteiger partial charge in [-0.1, -0.05) is 6.07 Å². The van der Waals surface area contributed by atoms with Crippen LogP contribution in [0.3, 0.4) is 0 Å². The molecule has 1 rings (SSSR count). The molecule has 0 saturated heterocycles. The predicted octanol–water partition coefficient (Wildman–Crippen LogP) is 2.09. The van der Waals surface area contributed by atoms with E-state index in [9.17, 15) is 9.18 Å². The molecule has 0 spiro atoms. The average molecular weight is 268 g/mol. The normalized spacial score (nSPS) is 12.0. The third-order valence-corrected chi connectivity index (χ3v) is 2.77. The topological polar surface area (TPSA) is 50.4 Å². The van der Waals surface area contributed by atoms with Crippen LogP contribution >= 0.6 is 0 Å². The summed E-state index contributed by atoms with van der Waals surface area (Å²) in [4.78, 5) is 11.8. The van der Waals surface area contributed by atoms with Crippen molar-refractivity contribution in [1.29, 1.82) is 0 Å². The number of aryl methyl sites for hydroxylation is 1. The zero-order valence-electron chi connectivity index (χ0n) is 11.6. The Morgan fingerprint density at radius 3 is 2.84 bits per heavy atom. The van der Waals surface area contributed by atoms with Crippen LogP contribution in [0, 0.1) is 12.7 Å². The molecule has 0 radical (unpaired) electrons. The van der Waals surface area contributed by atoms with Crippen LogP contribution in [0.4, 0.5) is 10.1 Å². The molecule has 1 aromatic rings. The second kappa shape index (κ2) is 7.74. The summed E-state index contributed by atoms with van der Waals surface area (Å²) >= 11 is 0. The molecule has 0 fully saturated rings. The molecule has 1 amide bonds. The molecule has 1 aromatic carbocycles. The Kier molecular flexibility index (Phi) is 6.29. The summed E-state index contributed by atoms with van der Waals surface area (Å²) in [7, 11) is 1.62. The minimum Gasteiger partial charge on any atom is -0.385 e. The summed E-state index contributed by atoms with van der Waals surface area (Å²) in [6.07, 6.45) is 0.772. The van der Waals surface area contributed by atoms with Gasteiger partial charge in [-0.25, -0.2) is 4.39 Å². The summed E-state index contributed by atoms with van der Waals surface area (Å²) in [6.45, 7) is 4.63. The van der Waals surface area contributed by atoms with Gasteiger partial charge in [0.25, 0.3) is 0 Å². The number of anilines is 1. The monoisotopic (exact) mass is 268 g/mol. The largest absolute Gasteiger partial charge is 0.385 e. The van der Waals surface area contributed by atoms with Gasteiger partial charge in [-0.15, -0.1) is 0 Å². The van der Waals surface area contributed by atoms with E-state index < -0.39 is 6.04 Å². The van der Waals surface area contributed by atoms with Gasteiger partial charge in [0.1, 0.15) is 11.9 Å². The number of benzene rings is 1. The van der Waals surface area contributed by atoms with Gasteiger partial charge in [0.15, 0.2) is 0 Å². The first-order valence-electron chi connectivity index (χ1n) is 6.34. The Morgan fingerprint density at radius 1 is 1.47 bits per heavy atom. The molecule has 0 bridgehead atoms. The van der Waals surface area contributed by atoms with E-state index >= 15 is 0 Å². The van der Waals surface area contributed by atoms with Crippen LogP contribution in [0.2, 0.25) is 0 Å². The van der Waals surface area contributed by atoms with Crippen LogP contribution < -0.4 is 10.6 Å². The molecule has 0 aliphatic rings. The second-order valence-electron chi connectivity index (χ2n) is 4.47. The van der Waals surface area contributed by atoms with Crippen LogP contribution in [0.1, 0.15) is 18.9 Å². The van der Waals surface area contributed by atoms with E-state index in [1.807, 2.05) is 0 Å². The minimum absolute atomic E-state index is 0.114. The summed E-state index contributed by atoms with van der Waals surface area (Å²) in [5, 5.41) is 5.76. The Hall–Kier alpha value is -1.62. The summed E-state index contributed by atoms with van der Waals surface area (Å²) in [6, 6.07) is 4.42. The maximum Gasteiger partial charge on any atom is 0.242 e. The quantitative estimate of drug-likeness (QED) is 0.744. The number of rotatable bonds is 7. The van der Waals surface area contributed by atoms with E-state index in [1.54, 1.807) is 33.1 Å². The lowest BCUT2D eigenvalue weighted by atomic mass is 10.2. The maximum atomic E-state index is 13.4. The van der Waals surface area contributed by atoms with E-state index in [-0.39, 0.29) is 11.7 Å². The first-order valence-corrected chi connectivity index (χ1v) is 6.34. The van der Waals surface area contributed by atoms with Crippen molar-refractivity contribution in [2.45, 2.75) is 26.3 Å². The van der Waals surface area contributed by atoms with Crippen molar-refractivity contribution >= 4 is 11.6 Å². The Labute approximate surface area is 113 Å². The molecule has 2 N–H and O–H groups in total. The number of amides is 1. The first kappa shape index (κ1) is 15.4. The Balaban J connectivity index is 2.42. The molecule has 106 valence electrons. The SMILES string of the molecule is COCCCNC(=O)C(C)Nc1ccc(C)c(F)c1. The molecule has 5 heteroatoms. The first-order chi connectivity index (χ1) is 9.04. The molecule has 0 aromatic heterocycles. The number of halogens is 1. The molecular weight excluding hydrogens is 247 g/mol. The number of hydrogen-bond donors (Lipinski definition) is 2. The molecular formula is C14H21FN2O2. The molecule has 19 heavy (non-hydrogen) atoms. The molecule has 0 aliphatic heterocycles. The fourth-order valence-corrected chi connectivity index (χ4v) is 1.58. The van der Waals surface area contributed by atoms with E-state index in [2.05, 4.69) is 10.6 Å². The molecule has 1 unspecified atom stereocenters. The van der Waals surface area contributed by atoms with Crippen LogP contribution in [-0.4, -0.2) is 32.2 Å². The van der Waals surface area contributed by atoms with Gasteiger partial charge in [0.05, 0.1) is 0 Å². The highest BCUT2D eigenvalue weighted by atomic mass is 19.1. The number of carbonyl (C=O) groups excluding carboxylic acids is 1. The summed E-state index contributed by atoms with van der Waals surface area (Å²) < 4.78 is 18.3. The van der Waals surface area contributed by atoms with E-state index in [1.165, 1.54) is 6.07 Å². The highest BCUT2D eigenvalue weighted by molar-refractivity contribution is 5.84. The third kappa shape index (κ3) is 5.26. The van der Waals surface area contributed by atoms with E-state index in [4.69, 9.17) is 4.74 Å². The lowest BCUT2D eigenvalue weighted by molar-refractivity contribution is -0.121. The number of carbonyl (C=O) groups is 1. The zero-order valence-corrected chi connectivity index (χ0v) is 11.6. The molecule has 0 saturated carbocycles. The van der Waals surface area contributed by atoms with Crippen molar-refractivity contribution in [3.63, 3.8) is 0 Å². The number of methoxy groups -OCH3 is 1. The van der Waals surface area contributed by atoms with E-state index in [0.717, 1.165) is 6.42 Å². The maximum absolute atomic E-state index is 13.4. The lowest BCUT2D eigenvalue weighted by Gasteiger charge is -2.15. The third-order valence-electron chi connectivity index (χ3n) is 2.77. The van der Waals surface area contributed by atoms with E-state index in [0.29, 0.717) is 24.4 Å². The molecule has 0 heterocycles. The Morgan fingerprint density at radius 2 is 2.21 bits per heavy atom. The number of nitrogens with one attached hydrogen (secondary N) is 2. The van der Waals surface area contributed by atoms with Gasteiger partial charge in [-0.05, 0) is 38.0 Å². The number of ether oxygens (including phenoxy) is 1. The van der Waals surface area contributed by atoms with Crippen LogP contribution in [0.25, 0.3) is 0 Å². The highest BCUT2D eigenvalue weighted by Gasteiger charge is 2.12. The fourth-order valence-electron chi connectivity index (χ4n) is 1.58. The van der Waals surface area contributed by atoms with Gasteiger partial charge in [0, 0.05) is 25.9 Å². The average Bonchev–Trinajstić information content (AvgIpc) is 2.38. The van der Waals surface area contributed by atoms with Gasteiger partial charge < -0.3 is 15.4 Å². The van der Waals surface area contributed by atoms with Crippen molar-refractivity contribution < 1.29 is 13.9 Å². The number of hydrogen-bond acceptors (Lipinski definition) is 3. The minimum atomic E-state index is -0.412. The second-order valence-corrected chi connectivity index (χ2v) is 4.47. The molecule has 0 aliphatic carbocycles. The van der Waals surface area contributed by atoms with Gasteiger partial charge in [-0.3, -0.25) is 4.79 Å². The predicted molar refractivity (Wildman–Crippen MR) is 73.7 cm³/mol. The Bertz CT molecular complexity index is 424. The smallest absolute Gasteiger partial charge is 0.242 e. The molecule has 4 nitrogen and oxygen atoms in total. The van der Waals surface area contributed by atoms with Crippen molar-refractivity contribution in [3.8, 4) is 0 Å². The van der Waals surface area contributed by atoms with Gasteiger partial charge in [-0.2, -0.15) is 0 Å². The summed E-state index contributed by atoms with van der Waals surface area (Å²) in [5.41, 5.74) is 1.19.